The second-order valence-corrected chi connectivity index (χ2v) is 7.66. The van der Waals surface area contributed by atoms with Crippen molar-refractivity contribution < 1.29 is 13.2 Å². The Labute approximate surface area is 141 Å². The predicted octanol–water partition coefficient (Wildman–Crippen LogP) is 2.57. The van der Waals surface area contributed by atoms with Crippen LogP contribution in [0.5, 0.6) is 0 Å². The van der Waals surface area contributed by atoms with Crippen LogP contribution < -0.4 is 5.32 Å². The third-order valence-electron chi connectivity index (χ3n) is 4.05. The zero-order valence-corrected chi connectivity index (χ0v) is 14.2. The lowest BCUT2D eigenvalue weighted by atomic mass is 10.1. The molecule has 0 radical (unpaired) electrons. The largest absolute Gasteiger partial charge is 0.326 e. The predicted molar refractivity (Wildman–Crippen MR) is 90.8 cm³/mol. The van der Waals surface area contributed by atoms with Gasteiger partial charge in [-0.25, -0.2) is 8.42 Å². The van der Waals surface area contributed by atoms with Crippen molar-refractivity contribution in [1.29, 1.82) is 0 Å². The highest BCUT2D eigenvalue weighted by Gasteiger charge is 2.36. The summed E-state index contributed by atoms with van der Waals surface area (Å²) in [5, 5.41) is 2.63. The van der Waals surface area contributed by atoms with Crippen LogP contribution in [0.1, 0.15) is 31.4 Å². The number of hydrogen-bond donors (Lipinski definition) is 1. The van der Waals surface area contributed by atoms with Crippen molar-refractivity contribution >= 4 is 21.6 Å². The molecule has 1 N–H and O–H groups in total. The van der Waals surface area contributed by atoms with Gasteiger partial charge in [-0.3, -0.25) is 9.78 Å². The van der Waals surface area contributed by atoms with Crippen LogP contribution in [0.15, 0.2) is 53.7 Å². The molecule has 0 bridgehead atoms. The van der Waals surface area contributed by atoms with Crippen molar-refractivity contribution in [2.45, 2.75) is 30.7 Å². The fourth-order valence-corrected chi connectivity index (χ4v) is 4.67. The van der Waals surface area contributed by atoms with Gasteiger partial charge < -0.3 is 5.32 Å². The van der Waals surface area contributed by atoms with E-state index < -0.39 is 10.0 Å². The summed E-state index contributed by atoms with van der Waals surface area (Å²) in [6.45, 7) is 1.91. The SMILES string of the molecule is CC(=O)Nc1ccc(S(=O)(=O)N2CCC[C@@H]2c2cccnc2)cc1. The third kappa shape index (κ3) is 3.32. The minimum Gasteiger partial charge on any atom is -0.326 e. The number of anilines is 1. The van der Waals surface area contributed by atoms with Crippen LogP contribution in [0, 0.1) is 0 Å². The molecule has 0 aliphatic carbocycles. The fraction of sp³-hybridized carbons (Fsp3) is 0.294. The molecule has 1 saturated heterocycles. The summed E-state index contributed by atoms with van der Waals surface area (Å²) in [6.07, 6.45) is 5.01. The number of hydrogen-bond acceptors (Lipinski definition) is 4. The number of carbonyl (C=O) groups excluding carboxylic acids is 1. The first kappa shape index (κ1) is 16.6. The van der Waals surface area contributed by atoms with Gasteiger partial charge in [0, 0.05) is 31.5 Å². The van der Waals surface area contributed by atoms with E-state index in [0.717, 1.165) is 18.4 Å². The topological polar surface area (TPSA) is 79.4 Å². The molecule has 126 valence electrons. The van der Waals surface area contributed by atoms with Gasteiger partial charge >= 0.3 is 0 Å². The van der Waals surface area contributed by atoms with Gasteiger partial charge in [0.15, 0.2) is 0 Å². The van der Waals surface area contributed by atoms with Crippen LogP contribution >= 0.6 is 0 Å². The van der Waals surface area contributed by atoms with E-state index in [0.29, 0.717) is 12.2 Å². The second kappa shape index (κ2) is 6.70. The lowest BCUT2D eigenvalue weighted by Crippen LogP contribution is -2.30. The van der Waals surface area contributed by atoms with Crippen LogP contribution in [0.2, 0.25) is 0 Å². The average Bonchev–Trinajstić information content (AvgIpc) is 3.06. The molecule has 2 aromatic rings. The number of aromatic nitrogens is 1. The summed E-state index contributed by atoms with van der Waals surface area (Å²) in [5.74, 6) is -0.193. The third-order valence-corrected chi connectivity index (χ3v) is 5.98. The Morgan fingerprint density at radius 3 is 2.62 bits per heavy atom. The van der Waals surface area contributed by atoms with E-state index in [4.69, 9.17) is 0 Å². The number of pyridine rings is 1. The fourth-order valence-electron chi connectivity index (χ4n) is 2.98. The van der Waals surface area contributed by atoms with E-state index in [2.05, 4.69) is 10.3 Å². The molecule has 1 aliphatic rings. The molecule has 1 aromatic heterocycles. The average molecular weight is 345 g/mol. The maximum absolute atomic E-state index is 13.0. The molecule has 1 amide bonds. The van der Waals surface area contributed by atoms with Crippen LogP contribution in [-0.2, 0) is 14.8 Å². The molecule has 0 saturated carbocycles. The van der Waals surface area contributed by atoms with Crippen molar-refractivity contribution in [1.82, 2.24) is 9.29 Å². The zero-order valence-electron chi connectivity index (χ0n) is 13.3. The number of rotatable bonds is 4. The van der Waals surface area contributed by atoms with Crippen molar-refractivity contribution in [3.63, 3.8) is 0 Å². The summed E-state index contributed by atoms with van der Waals surface area (Å²) in [4.78, 5) is 15.4. The van der Waals surface area contributed by atoms with Crippen LogP contribution in [0.25, 0.3) is 0 Å². The van der Waals surface area contributed by atoms with Gasteiger partial charge in [0.05, 0.1) is 10.9 Å². The van der Waals surface area contributed by atoms with Gasteiger partial charge in [0.25, 0.3) is 0 Å². The first-order chi connectivity index (χ1) is 11.5. The van der Waals surface area contributed by atoms with Crippen molar-refractivity contribution in [3.8, 4) is 0 Å². The normalized spacial score (nSPS) is 18.5. The molecule has 1 fully saturated rings. The summed E-state index contributed by atoms with van der Waals surface area (Å²) in [7, 11) is -3.59. The van der Waals surface area contributed by atoms with E-state index in [1.807, 2.05) is 12.1 Å². The number of carbonyl (C=O) groups is 1. The minimum atomic E-state index is -3.59. The standard InChI is InChI=1S/C17H19N3O3S/c1-13(21)19-15-6-8-16(9-7-15)24(22,23)20-11-3-5-17(20)14-4-2-10-18-12-14/h2,4,6-10,12,17H,3,5,11H2,1H3,(H,19,21)/t17-/m1/s1. The molecular formula is C17H19N3O3S. The highest BCUT2D eigenvalue weighted by Crippen LogP contribution is 2.36. The molecule has 7 heteroatoms. The van der Waals surface area contributed by atoms with Crippen molar-refractivity contribution in [3.05, 3.63) is 54.4 Å². The van der Waals surface area contributed by atoms with Gasteiger partial charge in [-0.2, -0.15) is 4.31 Å². The number of amides is 1. The maximum atomic E-state index is 13.0. The van der Waals surface area contributed by atoms with Gasteiger partial charge in [-0.05, 0) is 48.7 Å². The van der Waals surface area contributed by atoms with Gasteiger partial charge in [-0.15, -0.1) is 0 Å². The Morgan fingerprint density at radius 2 is 2.00 bits per heavy atom. The molecule has 1 aliphatic heterocycles. The molecule has 1 aromatic carbocycles. The van der Waals surface area contributed by atoms with Crippen molar-refractivity contribution in [2.75, 3.05) is 11.9 Å². The van der Waals surface area contributed by atoms with Crippen LogP contribution in [0.3, 0.4) is 0 Å². The molecule has 24 heavy (non-hydrogen) atoms. The zero-order chi connectivity index (χ0) is 17.2. The Bertz CT molecular complexity index is 820. The van der Waals surface area contributed by atoms with E-state index in [1.165, 1.54) is 23.4 Å². The van der Waals surface area contributed by atoms with Crippen LogP contribution in [-0.4, -0.2) is 30.2 Å². The summed E-state index contributed by atoms with van der Waals surface area (Å²) < 4.78 is 27.5. The lowest BCUT2D eigenvalue weighted by Gasteiger charge is -2.24. The summed E-state index contributed by atoms with van der Waals surface area (Å²) in [6, 6.07) is 9.80. The van der Waals surface area contributed by atoms with Gasteiger partial charge in [0.1, 0.15) is 0 Å². The first-order valence-electron chi connectivity index (χ1n) is 7.78. The molecule has 1 atom stereocenters. The molecular weight excluding hydrogens is 326 g/mol. The number of sulfonamides is 1. The van der Waals surface area contributed by atoms with Crippen molar-refractivity contribution in [2.24, 2.45) is 0 Å². The monoisotopic (exact) mass is 345 g/mol. The van der Waals surface area contributed by atoms with Crippen LogP contribution in [0.4, 0.5) is 5.69 Å². The van der Waals surface area contributed by atoms with Gasteiger partial charge in [-0.1, -0.05) is 6.07 Å². The quantitative estimate of drug-likeness (QED) is 0.923. The molecule has 6 nitrogen and oxygen atoms in total. The van der Waals surface area contributed by atoms with E-state index in [9.17, 15) is 13.2 Å². The molecule has 0 spiro atoms. The van der Waals surface area contributed by atoms with E-state index in [1.54, 1.807) is 24.5 Å². The van der Waals surface area contributed by atoms with E-state index >= 15 is 0 Å². The number of benzene rings is 1. The minimum absolute atomic E-state index is 0.182. The van der Waals surface area contributed by atoms with E-state index in [-0.39, 0.29) is 16.8 Å². The summed E-state index contributed by atoms with van der Waals surface area (Å²) in [5.41, 5.74) is 1.49. The molecule has 0 unspecified atom stereocenters. The smallest absolute Gasteiger partial charge is 0.243 e. The highest BCUT2D eigenvalue weighted by atomic mass is 32.2. The Hall–Kier alpha value is -2.25. The lowest BCUT2D eigenvalue weighted by molar-refractivity contribution is -0.114. The number of nitrogens with one attached hydrogen (secondary N) is 1. The molecule has 3 rings (SSSR count). The number of nitrogens with zero attached hydrogens (tertiary/aromatic N) is 2. The Balaban J connectivity index is 1.88. The van der Waals surface area contributed by atoms with Gasteiger partial charge in [0.2, 0.25) is 15.9 Å². The Kier molecular flexibility index (Phi) is 4.64. The highest BCUT2D eigenvalue weighted by molar-refractivity contribution is 7.89. The summed E-state index contributed by atoms with van der Waals surface area (Å²) >= 11 is 0. The first-order valence-corrected chi connectivity index (χ1v) is 9.22. The molecule has 2 heterocycles. The maximum Gasteiger partial charge on any atom is 0.243 e. The Morgan fingerprint density at radius 1 is 1.25 bits per heavy atom. The second-order valence-electron chi connectivity index (χ2n) is 5.77.